The van der Waals surface area contributed by atoms with E-state index in [2.05, 4.69) is 20.8 Å². The zero-order chi connectivity index (χ0) is 20.6. The van der Waals surface area contributed by atoms with Gasteiger partial charge in [0.1, 0.15) is 10.3 Å². The van der Waals surface area contributed by atoms with E-state index in [4.69, 9.17) is 0 Å². The van der Waals surface area contributed by atoms with E-state index >= 15 is 0 Å². The number of benzene rings is 2. The fraction of sp³-hybridized carbons (Fsp3) is 0.238. The topological polar surface area (TPSA) is 84.0 Å². The molecule has 0 bridgehead atoms. The first kappa shape index (κ1) is 21.0. The van der Waals surface area contributed by atoms with Crippen molar-refractivity contribution in [3.8, 4) is 0 Å². The molecule has 1 aromatic heterocycles. The fourth-order valence-corrected chi connectivity index (χ4v) is 4.33. The largest absolute Gasteiger partial charge is 0.326 e. The van der Waals surface area contributed by atoms with Crippen LogP contribution in [-0.2, 0) is 9.59 Å². The third-order valence-corrected chi connectivity index (χ3v) is 5.95. The molecule has 0 saturated carbocycles. The molecule has 2 N–H and O–H groups in total. The summed E-state index contributed by atoms with van der Waals surface area (Å²) in [5.74, 6) is -0.184. The highest BCUT2D eigenvalue weighted by Gasteiger charge is 2.23. The summed E-state index contributed by atoms with van der Waals surface area (Å²) in [5.41, 5.74) is 1.61. The number of nitrogens with zero attached hydrogens (tertiary/aromatic N) is 2. The molecule has 8 heteroatoms. The number of aryl methyl sites for hydroxylation is 1. The molecular formula is C21H22N4O2S2. The average Bonchev–Trinajstić information content (AvgIpc) is 3.11. The summed E-state index contributed by atoms with van der Waals surface area (Å²) in [4.78, 5) is 25.8. The maximum Gasteiger partial charge on any atom is 0.244 e. The van der Waals surface area contributed by atoms with E-state index in [9.17, 15) is 9.59 Å². The van der Waals surface area contributed by atoms with Crippen molar-refractivity contribution in [1.82, 2.24) is 10.2 Å². The van der Waals surface area contributed by atoms with Crippen molar-refractivity contribution in [2.24, 2.45) is 0 Å². The number of rotatable bonds is 8. The fourth-order valence-electron chi connectivity index (χ4n) is 2.65. The number of nitrogens with one attached hydrogen (secondary N) is 2. The van der Waals surface area contributed by atoms with Crippen molar-refractivity contribution in [3.63, 3.8) is 0 Å². The SMILES string of the molecule is CCCC(=O)Nc1cccc(SC(C(=O)Nc2nnc(C)s2)c2ccccc2)c1. The van der Waals surface area contributed by atoms with E-state index in [1.807, 2.05) is 68.4 Å². The van der Waals surface area contributed by atoms with E-state index in [-0.39, 0.29) is 11.8 Å². The van der Waals surface area contributed by atoms with Crippen LogP contribution in [0.15, 0.2) is 59.5 Å². The number of hydrogen-bond donors (Lipinski definition) is 2. The predicted molar refractivity (Wildman–Crippen MR) is 118 cm³/mol. The van der Waals surface area contributed by atoms with Gasteiger partial charge in [0.2, 0.25) is 16.9 Å². The van der Waals surface area contributed by atoms with Gasteiger partial charge in [-0.3, -0.25) is 14.9 Å². The zero-order valence-corrected chi connectivity index (χ0v) is 17.8. The Labute approximate surface area is 178 Å². The Bertz CT molecular complexity index is 976. The van der Waals surface area contributed by atoms with Gasteiger partial charge in [-0.25, -0.2) is 0 Å². The molecule has 3 rings (SSSR count). The summed E-state index contributed by atoms with van der Waals surface area (Å²) in [5, 5.41) is 14.5. The number of anilines is 2. The lowest BCUT2D eigenvalue weighted by atomic mass is 10.1. The van der Waals surface area contributed by atoms with Gasteiger partial charge in [-0.2, -0.15) is 0 Å². The minimum Gasteiger partial charge on any atom is -0.326 e. The first-order valence-electron chi connectivity index (χ1n) is 9.27. The molecule has 0 fully saturated rings. The Morgan fingerprint density at radius 1 is 1.07 bits per heavy atom. The Morgan fingerprint density at radius 3 is 2.55 bits per heavy atom. The van der Waals surface area contributed by atoms with Gasteiger partial charge in [0, 0.05) is 17.0 Å². The van der Waals surface area contributed by atoms with Crippen molar-refractivity contribution < 1.29 is 9.59 Å². The monoisotopic (exact) mass is 426 g/mol. The van der Waals surface area contributed by atoms with Crippen LogP contribution in [0, 0.1) is 6.92 Å². The van der Waals surface area contributed by atoms with Crippen molar-refractivity contribution in [2.75, 3.05) is 10.6 Å². The van der Waals surface area contributed by atoms with Crippen LogP contribution in [0.4, 0.5) is 10.8 Å². The van der Waals surface area contributed by atoms with Gasteiger partial charge in [-0.1, -0.05) is 54.7 Å². The quantitative estimate of drug-likeness (QED) is 0.492. The van der Waals surface area contributed by atoms with Gasteiger partial charge in [0.25, 0.3) is 0 Å². The third-order valence-electron chi connectivity index (χ3n) is 3.95. The van der Waals surface area contributed by atoms with Crippen LogP contribution in [-0.4, -0.2) is 22.0 Å². The number of carbonyl (C=O) groups is 2. The van der Waals surface area contributed by atoms with E-state index in [0.29, 0.717) is 11.6 Å². The molecule has 2 aromatic carbocycles. The second-order valence-electron chi connectivity index (χ2n) is 6.35. The maximum absolute atomic E-state index is 13.0. The van der Waals surface area contributed by atoms with Gasteiger partial charge in [0.15, 0.2) is 0 Å². The number of aromatic nitrogens is 2. The predicted octanol–water partition coefficient (Wildman–Crippen LogP) is 5.06. The van der Waals surface area contributed by atoms with Crippen molar-refractivity contribution in [1.29, 1.82) is 0 Å². The van der Waals surface area contributed by atoms with Crippen LogP contribution in [0.3, 0.4) is 0 Å². The molecule has 0 aliphatic rings. The number of amides is 2. The Hall–Kier alpha value is -2.71. The summed E-state index contributed by atoms with van der Waals surface area (Å²) in [6, 6.07) is 17.1. The number of hydrogen-bond acceptors (Lipinski definition) is 6. The molecule has 29 heavy (non-hydrogen) atoms. The first-order chi connectivity index (χ1) is 14.0. The Morgan fingerprint density at radius 2 is 1.86 bits per heavy atom. The first-order valence-corrected chi connectivity index (χ1v) is 11.0. The Kier molecular flexibility index (Phi) is 7.37. The molecule has 1 atom stereocenters. The van der Waals surface area contributed by atoms with Crippen LogP contribution in [0.1, 0.15) is 35.6 Å². The molecule has 0 radical (unpaired) electrons. The summed E-state index contributed by atoms with van der Waals surface area (Å²) in [7, 11) is 0. The smallest absolute Gasteiger partial charge is 0.244 e. The third kappa shape index (κ3) is 6.13. The number of carbonyl (C=O) groups excluding carboxylic acids is 2. The second kappa shape index (κ2) is 10.2. The van der Waals surface area contributed by atoms with Crippen molar-refractivity contribution in [2.45, 2.75) is 36.8 Å². The normalized spacial score (nSPS) is 11.7. The Balaban J connectivity index is 1.80. The summed E-state index contributed by atoms with van der Waals surface area (Å²) in [6.07, 6.45) is 1.27. The summed E-state index contributed by atoms with van der Waals surface area (Å²) in [6.45, 7) is 3.81. The minimum atomic E-state index is -0.470. The second-order valence-corrected chi connectivity index (χ2v) is 8.71. The molecule has 3 aromatic rings. The molecule has 150 valence electrons. The van der Waals surface area contributed by atoms with E-state index in [1.165, 1.54) is 23.1 Å². The minimum absolute atomic E-state index is 0.0151. The summed E-state index contributed by atoms with van der Waals surface area (Å²) >= 11 is 2.76. The highest BCUT2D eigenvalue weighted by atomic mass is 32.2. The van der Waals surface area contributed by atoms with Crippen LogP contribution in [0.25, 0.3) is 0 Å². The summed E-state index contributed by atoms with van der Waals surface area (Å²) < 4.78 is 0. The van der Waals surface area contributed by atoms with Crippen LogP contribution in [0.2, 0.25) is 0 Å². The van der Waals surface area contributed by atoms with Crippen LogP contribution >= 0.6 is 23.1 Å². The van der Waals surface area contributed by atoms with Gasteiger partial charge in [-0.15, -0.1) is 22.0 Å². The molecule has 0 aliphatic carbocycles. The van der Waals surface area contributed by atoms with Gasteiger partial charge < -0.3 is 5.32 Å². The highest BCUT2D eigenvalue weighted by molar-refractivity contribution is 8.00. The van der Waals surface area contributed by atoms with Crippen LogP contribution < -0.4 is 10.6 Å². The number of thioether (sulfide) groups is 1. The molecule has 0 spiro atoms. The lowest BCUT2D eigenvalue weighted by Crippen LogP contribution is -2.19. The molecular weight excluding hydrogens is 404 g/mol. The zero-order valence-electron chi connectivity index (χ0n) is 16.2. The van der Waals surface area contributed by atoms with E-state index in [0.717, 1.165) is 27.6 Å². The molecule has 1 unspecified atom stereocenters. The van der Waals surface area contributed by atoms with E-state index < -0.39 is 5.25 Å². The van der Waals surface area contributed by atoms with Gasteiger partial charge >= 0.3 is 0 Å². The standard InChI is InChI=1S/C21H22N4O2S2/c1-3-8-18(26)22-16-11-7-12-17(13-16)29-19(15-9-5-4-6-10-15)20(27)23-21-25-24-14(2)28-21/h4-7,9-13,19H,3,8H2,1-2H3,(H,22,26)(H,23,25,27). The average molecular weight is 427 g/mol. The van der Waals surface area contributed by atoms with Gasteiger partial charge in [0.05, 0.1) is 0 Å². The molecule has 2 amide bonds. The lowest BCUT2D eigenvalue weighted by molar-refractivity contribution is -0.116. The molecule has 0 saturated heterocycles. The van der Waals surface area contributed by atoms with Crippen molar-refractivity contribution >= 4 is 45.7 Å². The van der Waals surface area contributed by atoms with Crippen LogP contribution in [0.5, 0.6) is 0 Å². The van der Waals surface area contributed by atoms with Crippen molar-refractivity contribution in [3.05, 3.63) is 65.2 Å². The lowest BCUT2D eigenvalue weighted by Gasteiger charge is -2.16. The van der Waals surface area contributed by atoms with E-state index in [1.54, 1.807) is 0 Å². The molecule has 6 nitrogen and oxygen atoms in total. The molecule has 0 aliphatic heterocycles. The highest BCUT2D eigenvalue weighted by Crippen LogP contribution is 2.37. The van der Waals surface area contributed by atoms with Gasteiger partial charge in [-0.05, 0) is 37.1 Å². The molecule has 1 heterocycles. The maximum atomic E-state index is 13.0.